The summed E-state index contributed by atoms with van der Waals surface area (Å²) in [6.45, 7) is 2.05. The Morgan fingerprint density at radius 3 is 2.41 bits per heavy atom. The van der Waals surface area contributed by atoms with E-state index in [2.05, 4.69) is 22.2 Å². The standard InChI is InChI=1S/C22H23FN6/c1-14(20-12-29(4)13-24-20)25-21-18-11-16(15-5-8-17(23)9-6-15)7-10-19(18)26-22(27-21)28(2)3/h5-14H,1-4H3,(H,25,26,27). The van der Waals surface area contributed by atoms with Crippen molar-refractivity contribution in [3.05, 3.63) is 66.5 Å². The zero-order valence-corrected chi connectivity index (χ0v) is 16.9. The molecule has 7 heteroatoms. The van der Waals surface area contributed by atoms with E-state index in [1.807, 2.05) is 55.0 Å². The van der Waals surface area contributed by atoms with Gasteiger partial charge in [0.2, 0.25) is 5.95 Å². The maximum Gasteiger partial charge on any atom is 0.227 e. The van der Waals surface area contributed by atoms with Gasteiger partial charge in [0.05, 0.1) is 23.6 Å². The van der Waals surface area contributed by atoms with Gasteiger partial charge in [0.25, 0.3) is 0 Å². The summed E-state index contributed by atoms with van der Waals surface area (Å²) >= 11 is 0. The molecule has 1 unspecified atom stereocenters. The van der Waals surface area contributed by atoms with Gasteiger partial charge in [-0.15, -0.1) is 0 Å². The lowest BCUT2D eigenvalue weighted by Crippen LogP contribution is -2.15. The van der Waals surface area contributed by atoms with Gasteiger partial charge in [-0.2, -0.15) is 4.98 Å². The van der Waals surface area contributed by atoms with Crippen LogP contribution in [0, 0.1) is 5.82 Å². The lowest BCUT2D eigenvalue weighted by atomic mass is 10.0. The quantitative estimate of drug-likeness (QED) is 0.547. The number of imidazole rings is 1. The Balaban J connectivity index is 1.80. The summed E-state index contributed by atoms with van der Waals surface area (Å²) in [7, 11) is 5.78. The van der Waals surface area contributed by atoms with Crippen LogP contribution in [0.2, 0.25) is 0 Å². The van der Waals surface area contributed by atoms with Crippen LogP contribution in [0.15, 0.2) is 55.0 Å². The molecule has 6 nitrogen and oxygen atoms in total. The third-order valence-corrected chi connectivity index (χ3v) is 4.78. The molecule has 0 fully saturated rings. The van der Waals surface area contributed by atoms with Crippen LogP contribution in [0.5, 0.6) is 0 Å². The molecule has 0 aliphatic carbocycles. The summed E-state index contributed by atoms with van der Waals surface area (Å²) in [6, 6.07) is 12.5. The zero-order valence-electron chi connectivity index (χ0n) is 16.9. The van der Waals surface area contributed by atoms with Crippen LogP contribution >= 0.6 is 0 Å². The molecule has 1 atom stereocenters. The van der Waals surface area contributed by atoms with Gasteiger partial charge in [-0.05, 0) is 42.3 Å². The number of fused-ring (bicyclic) bond motifs is 1. The van der Waals surface area contributed by atoms with E-state index in [0.717, 1.165) is 33.5 Å². The highest BCUT2D eigenvalue weighted by Crippen LogP contribution is 2.30. The van der Waals surface area contributed by atoms with Gasteiger partial charge < -0.3 is 14.8 Å². The highest BCUT2D eigenvalue weighted by Gasteiger charge is 2.15. The lowest BCUT2D eigenvalue weighted by Gasteiger charge is -2.18. The summed E-state index contributed by atoms with van der Waals surface area (Å²) < 4.78 is 15.2. The number of aryl methyl sites for hydroxylation is 1. The van der Waals surface area contributed by atoms with E-state index in [9.17, 15) is 4.39 Å². The molecule has 4 rings (SSSR count). The Hall–Kier alpha value is -3.48. The van der Waals surface area contributed by atoms with Crippen LogP contribution in [0.4, 0.5) is 16.2 Å². The van der Waals surface area contributed by atoms with Crippen molar-refractivity contribution in [3.8, 4) is 11.1 Å². The molecule has 29 heavy (non-hydrogen) atoms. The number of benzene rings is 2. The molecule has 2 heterocycles. The molecule has 0 spiro atoms. The fourth-order valence-electron chi connectivity index (χ4n) is 3.18. The van der Waals surface area contributed by atoms with Crippen molar-refractivity contribution < 1.29 is 4.39 Å². The van der Waals surface area contributed by atoms with Crippen molar-refractivity contribution in [3.63, 3.8) is 0 Å². The Morgan fingerprint density at radius 1 is 1.03 bits per heavy atom. The van der Waals surface area contributed by atoms with E-state index in [4.69, 9.17) is 4.98 Å². The van der Waals surface area contributed by atoms with Gasteiger partial charge in [0.1, 0.15) is 11.6 Å². The van der Waals surface area contributed by atoms with Gasteiger partial charge in [-0.25, -0.2) is 14.4 Å². The van der Waals surface area contributed by atoms with Crippen LogP contribution in [-0.4, -0.2) is 33.6 Å². The van der Waals surface area contributed by atoms with Gasteiger partial charge >= 0.3 is 0 Å². The number of nitrogens with zero attached hydrogens (tertiary/aromatic N) is 5. The van der Waals surface area contributed by atoms with E-state index in [1.54, 1.807) is 18.5 Å². The molecular weight excluding hydrogens is 367 g/mol. The molecule has 0 saturated heterocycles. The third kappa shape index (κ3) is 3.89. The summed E-state index contributed by atoms with van der Waals surface area (Å²) in [5, 5.41) is 4.39. The van der Waals surface area contributed by atoms with Crippen LogP contribution in [-0.2, 0) is 7.05 Å². The number of hydrogen-bond donors (Lipinski definition) is 1. The molecule has 0 radical (unpaired) electrons. The minimum Gasteiger partial charge on any atom is -0.361 e. The van der Waals surface area contributed by atoms with E-state index >= 15 is 0 Å². The topological polar surface area (TPSA) is 58.9 Å². The summed E-state index contributed by atoms with van der Waals surface area (Å²) in [5.41, 5.74) is 3.69. The van der Waals surface area contributed by atoms with E-state index in [1.165, 1.54) is 12.1 Å². The Labute approximate surface area is 169 Å². The first-order chi connectivity index (χ1) is 13.9. The second-order valence-corrected chi connectivity index (χ2v) is 7.34. The summed E-state index contributed by atoms with van der Waals surface area (Å²) in [6.07, 6.45) is 3.77. The minimum absolute atomic E-state index is 0.0289. The number of anilines is 2. The highest BCUT2D eigenvalue weighted by molar-refractivity contribution is 5.93. The van der Waals surface area contributed by atoms with Crippen molar-refractivity contribution in [1.29, 1.82) is 0 Å². The molecule has 2 aromatic heterocycles. The number of rotatable bonds is 5. The van der Waals surface area contributed by atoms with Crippen LogP contribution in [0.1, 0.15) is 18.7 Å². The average Bonchev–Trinajstić information content (AvgIpc) is 3.14. The Bertz CT molecular complexity index is 1150. The van der Waals surface area contributed by atoms with Crippen molar-refractivity contribution in [2.75, 3.05) is 24.3 Å². The molecule has 2 aromatic carbocycles. The molecule has 0 aliphatic rings. The second kappa shape index (κ2) is 7.50. The van der Waals surface area contributed by atoms with E-state index in [0.29, 0.717) is 5.95 Å². The van der Waals surface area contributed by atoms with Gasteiger partial charge in [0.15, 0.2) is 0 Å². The average molecular weight is 390 g/mol. The van der Waals surface area contributed by atoms with Crippen molar-refractivity contribution in [2.24, 2.45) is 7.05 Å². The Kier molecular flexibility index (Phi) is 4.88. The smallest absolute Gasteiger partial charge is 0.227 e. The van der Waals surface area contributed by atoms with Gasteiger partial charge in [-0.3, -0.25) is 0 Å². The SMILES string of the molecule is CC(Nc1nc(N(C)C)nc2ccc(-c3ccc(F)cc3)cc12)c1cn(C)cn1. The molecule has 148 valence electrons. The van der Waals surface area contributed by atoms with Crippen molar-refractivity contribution >= 4 is 22.7 Å². The number of nitrogens with one attached hydrogen (secondary N) is 1. The fraction of sp³-hybridized carbons (Fsp3) is 0.227. The first kappa shape index (κ1) is 18.9. The highest BCUT2D eigenvalue weighted by atomic mass is 19.1. The monoisotopic (exact) mass is 390 g/mol. The van der Waals surface area contributed by atoms with Crippen LogP contribution in [0.3, 0.4) is 0 Å². The van der Waals surface area contributed by atoms with Gasteiger partial charge in [0, 0.05) is 32.7 Å². The van der Waals surface area contributed by atoms with Crippen LogP contribution in [0.25, 0.3) is 22.0 Å². The molecule has 0 aliphatic heterocycles. The van der Waals surface area contributed by atoms with Crippen molar-refractivity contribution in [2.45, 2.75) is 13.0 Å². The zero-order chi connectivity index (χ0) is 20.5. The molecule has 0 bridgehead atoms. The maximum absolute atomic E-state index is 13.3. The molecular formula is C22H23FN6. The van der Waals surface area contributed by atoms with E-state index in [-0.39, 0.29) is 11.9 Å². The summed E-state index contributed by atoms with van der Waals surface area (Å²) in [5.74, 6) is 1.11. The van der Waals surface area contributed by atoms with Gasteiger partial charge in [-0.1, -0.05) is 18.2 Å². The molecule has 4 aromatic rings. The van der Waals surface area contributed by atoms with Crippen LogP contribution < -0.4 is 10.2 Å². The summed E-state index contributed by atoms with van der Waals surface area (Å²) in [4.78, 5) is 15.7. The van der Waals surface area contributed by atoms with Crippen molar-refractivity contribution in [1.82, 2.24) is 19.5 Å². The molecule has 0 saturated carbocycles. The lowest BCUT2D eigenvalue weighted by molar-refractivity contribution is 0.628. The minimum atomic E-state index is -0.250. The first-order valence-corrected chi connectivity index (χ1v) is 9.40. The molecule has 1 N–H and O–H groups in total. The fourth-order valence-corrected chi connectivity index (χ4v) is 3.18. The molecule has 0 amide bonds. The number of hydrogen-bond acceptors (Lipinski definition) is 5. The predicted molar refractivity (Wildman–Crippen MR) is 115 cm³/mol. The normalized spacial score (nSPS) is 12.2. The Morgan fingerprint density at radius 2 is 1.76 bits per heavy atom. The maximum atomic E-state index is 13.3. The van der Waals surface area contributed by atoms with E-state index < -0.39 is 0 Å². The third-order valence-electron chi connectivity index (χ3n) is 4.78. The largest absolute Gasteiger partial charge is 0.361 e. The number of aromatic nitrogens is 4. The predicted octanol–water partition coefficient (Wildman–Crippen LogP) is 4.41. The second-order valence-electron chi connectivity index (χ2n) is 7.34. The number of halogens is 1. The first-order valence-electron chi connectivity index (χ1n) is 9.40.